The molecule has 8 heteroatoms. The van der Waals surface area contributed by atoms with E-state index in [4.69, 9.17) is 11.6 Å². The number of hydrogen-bond acceptors (Lipinski definition) is 3. The van der Waals surface area contributed by atoms with Gasteiger partial charge in [0.2, 0.25) is 0 Å². The summed E-state index contributed by atoms with van der Waals surface area (Å²) in [6, 6.07) is 9.40. The smallest absolute Gasteiger partial charge is 0.387 e. The number of aliphatic hydroxyl groups excluding tert-OH is 1. The molecule has 132 valence electrons. The number of aromatic nitrogens is 2. The summed E-state index contributed by atoms with van der Waals surface area (Å²) in [5.41, 5.74) is 1.15. The highest BCUT2D eigenvalue weighted by Gasteiger charge is 2.17. The van der Waals surface area contributed by atoms with E-state index in [0.717, 1.165) is 0 Å². The first-order valence-corrected chi connectivity index (χ1v) is 7.81. The van der Waals surface area contributed by atoms with Gasteiger partial charge in [0.1, 0.15) is 5.75 Å². The van der Waals surface area contributed by atoms with E-state index in [-0.39, 0.29) is 24.5 Å². The van der Waals surface area contributed by atoms with Gasteiger partial charge >= 0.3 is 6.61 Å². The standard InChI is InChI=1S/C17H15ClF2N2O3/c1-21-16(24)12-6-5-11(18)7-14(12)22(21)8-13-10(9-23)3-2-4-15(13)25-17(19)20/h2-7,17,23H,8-9H2,1H3. The molecule has 0 amide bonds. The van der Waals surface area contributed by atoms with Crippen LogP contribution in [0.4, 0.5) is 8.78 Å². The number of aliphatic hydroxyl groups is 1. The minimum atomic E-state index is -2.99. The third-order valence-corrected chi connectivity index (χ3v) is 4.28. The Morgan fingerprint density at radius 3 is 2.72 bits per heavy atom. The molecule has 3 aromatic rings. The zero-order chi connectivity index (χ0) is 18.1. The zero-order valence-corrected chi connectivity index (χ0v) is 14.0. The normalized spacial score (nSPS) is 11.4. The van der Waals surface area contributed by atoms with Crippen molar-refractivity contribution in [1.82, 2.24) is 9.36 Å². The van der Waals surface area contributed by atoms with E-state index in [1.165, 1.54) is 16.8 Å². The molecule has 0 radical (unpaired) electrons. The van der Waals surface area contributed by atoms with Crippen LogP contribution in [0.5, 0.6) is 5.75 Å². The van der Waals surface area contributed by atoms with Crippen LogP contribution in [0.2, 0.25) is 5.02 Å². The van der Waals surface area contributed by atoms with Crippen LogP contribution in [-0.2, 0) is 20.2 Å². The molecule has 0 fully saturated rings. The first kappa shape index (κ1) is 17.4. The van der Waals surface area contributed by atoms with E-state index < -0.39 is 6.61 Å². The molecule has 3 rings (SSSR count). The van der Waals surface area contributed by atoms with Gasteiger partial charge in [-0.25, -0.2) is 0 Å². The highest BCUT2D eigenvalue weighted by molar-refractivity contribution is 6.31. The second-order valence-electron chi connectivity index (χ2n) is 5.48. The van der Waals surface area contributed by atoms with Gasteiger partial charge < -0.3 is 9.84 Å². The molecule has 1 N–H and O–H groups in total. The molecule has 25 heavy (non-hydrogen) atoms. The van der Waals surface area contributed by atoms with E-state index in [2.05, 4.69) is 4.74 Å². The van der Waals surface area contributed by atoms with Crippen molar-refractivity contribution in [3.8, 4) is 5.75 Å². The summed E-state index contributed by atoms with van der Waals surface area (Å²) in [7, 11) is 1.57. The topological polar surface area (TPSA) is 56.4 Å². The number of halogens is 3. The van der Waals surface area contributed by atoms with Crippen LogP contribution < -0.4 is 10.3 Å². The summed E-state index contributed by atoms with van der Waals surface area (Å²) in [6.07, 6.45) is 0. The predicted molar refractivity (Wildman–Crippen MR) is 90.3 cm³/mol. The Morgan fingerprint density at radius 2 is 2.04 bits per heavy atom. The van der Waals surface area contributed by atoms with Gasteiger partial charge in [-0.1, -0.05) is 23.7 Å². The lowest BCUT2D eigenvalue weighted by molar-refractivity contribution is -0.0506. The maximum Gasteiger partial charge on any atom is 0.387 e. The van der Waals surface area contributed by atoms with Crippen LogP contribution in [0, 0.1) is 0 Å². The van der Waals surface area contributed by atoms with Crippen LogP contribution in [-0.4, -0.2) is 21.1 Å². The van der Waals surface area contributed by atoms with E-state index in [1.807, 2.05) is 0 Å². The Hall–Kier alpha value is -2.38. The van der Waals surface area contributed by atoms with Crippen molar-refractivity contribution in [3.05, 3.63) is 62.9 Å². The molecule has 5 nitrogen and oxygen atoms in total. The molecule has 0 atom stereocenters. The van der Waals surface area contributed by atoms with Gasteiger partial charge in [-0.3, -0.25) is 14.2 Å². The highest BCUT2D eigenvalue weighted by Crippen LogP contribution is 2.27. The average molecular weight is 369 g/mol. The molecule has 0 saturated carbocycles. The summed E-state index contributed by atoms with van der Waals surface area (Å²) in [6.45, 7) is -3.27. The van der Waals surface area contributed by atoms with Crippen molar-refractivity contribution in [2.75, 3.05) is 0 Å². The summed E-state index contributed by atoms with van der Waals surface area (Å²) < 4.78 is 33.0. The van der Waals surface area contributed by atoms with Gasteiger partial charge in [0.15, 0.2) is 0 Å². The quantitative estimate of drug-likeness (QED) is 0.752. The fourth-order valence-electron chi connectivity index (χ4n) is 2.83. The minimum absolute atomic E-state index is 0.0436. The molecule has 1 heterocycles. The molecule has 0 aliphatic heterocycles. The van der Waals surface area contributed by atoms with Crippen LogP contribution >= 0.6 is 11.6 Å². The first-order valence-electron chi connectivity index (χ1n) is 7.44. The van der Waals surface area contributed by atoms with Crippen molar-refractivity contribution in [2.24, 2.45) is 7.05 Å². The van der Waals surface area contributed by atoms with Gasteiger partial charge in [-0.05, 0) is 29.8 Å². The number of fused-ring (bicyclic) bond motifs is 1. The average Bonchev–Trinajstić information content (AvgIpc) is 2.80. The van der Waals surface area contributed by atoms with Gasteiger partial charge in [0.05, 0.1) is 24.1 Å². The lowest BCUT2D eigenvalue weighted by atomic mass is 10.1. The van der Waals surface area contributed by atoms with Gasteiger partial charge in [-0.15, -0.1) is 0 Å². The molecule has 0 spiro atoms. The Morgan fingerprint density at radius 1 is 1.28 bits per heavy atom. The van der Waals surface area contributed by atoms with Crippen LogP contribution in [0.15, 0.2) is 41.2 Å². The van der Waals surface area contributed by atoms with Crippen molar-refractivity contribution in [2.45, 2.75) is 19.8 Å². The van der Waals surface area contributed by atoms with Crippen LogP contribution in [0.25, 0.3) is 10.9 Å². The minimum Gasteiger partial charge on any atom is -0.434 e. The lowest BCUT2D eigenvalue weighted by Crippen LogP contribution is -2.20. The fraction of sp³-hybridized carbons (Fsp3) is 0.235. The van der Waals surface area contributed by atoms with E-state index in [1.54, 1.807) is 36.0 Å². The SMILES string of the molecule is Cn1c(=O)c2ccc(Cl)cc2n1Cc1c(CO)cccc1OC(F)F. The van der Waals surface area contributed by atoms with Crippen LogP contribution in [0.1, 0.15) is 11.1 Å². The van der Waals surface area contributed by atoms with E-state index in [9.17, 15) is 18.7 Å². The number of rotatable bonds is 5. The van der Waals surface area contributed by atoms with Crippen molar-refractivity contribution >= 4 is 22.5 Å². The second-order valence-corrected chi connectivity index (χ2v) is 5.91. The Balaban J connectivity index is 2.18. The monoisotopic (exact) mass is 368 g/mol. The summed E-state index contributed by atoms with van der Waals surface area (Å²) in [4.78, 5) is 12.4. The van der Waals surface area contributed by atoms with Crippen molar-refractivity contribution in [3.63, 3.8) is 0 Å². The van der Waals surface area contributed by atoms with Gasteiger partial charge in [0, 0.05) is 17.6 Å². The third-order valence-electron chi connectivity index (χ3n) is 4.05. The van der Waals surface area contributed by atoms with E-state index >= 15 is 0 Å². The molecule has 0 aliphatic rings. The Labute approximate surface area is 146 Å². The lowest BCUT2D eigenvalue weighted by Gasteiger charge is -2.16. The number of nitrogens with zero attached hydrogens (tertiary/aromatic N) is 2. The highest BCUT2D eigenvalue weighted by atomic mass is 35.5. The van der Waals surface area contributed by atoms with Crippen molar-refractivity contribution in [1.29, 1.82) is 0 Å². The molecule has 0 bridgehead atoms. The van der Waals surface area contributed by atoms with Gasteiger partial charge in [-0.2, -0.15) is 8.78 Å². The predicted octanol–water partition coefficient (Wildman–Crippen LogP) is 3.14. The Kier molecular flexibility index (Phi) is 4.78. The number of alkyl halides is 2. The molecule has 0 saturated heterocycles. The summed E-state index contributed by atoms with van der Waals surface area (Å²) in [5, 5.41) is 10.5. The van der Waals surface area contributed by atoms with Crippen LogP contribution in [0.3, 0.4) is 0 Å². The third kappa shape index (κ3) is 3.25. The summed E-state index contributed by atoms with van der Waals surface area (Å²) >= 11 is 6.03. The molecular formula is C17H15ClF2N2O3. The molecule has 0 aliphatic carbocycles. The van der Waals surface area contributed by atoms with Gasteiger partial charge in [0.25, 0.3) is 5.56 Å². The fourth-order valence-corrected chi connectivity index (χ4v) is 3.00. The second kappa shape index (κ2) is 6.85. The molecule has 1 aromatic heterocycles. The maximum absolute atomic E-state index is 12.7. The Bertz CT molecular complexity index is 982. The maximum atomic E-state index is 12.7. The zero-order valence-electron chi connectivity index (χ0n) is 13.2. The number of hydrogen-bond donors (Lipinski definition) is 1. The summed E-state index contributed by atoms with van der Waals surface area (Å²) in [5.74, 6) is -0.0436. The number of benzene rings is 2. The first-order chi connectivity index (χ1) is 11.9. The largest absolute Gasteiger partial charge is 0.434 e. The molecular weight excluding hydrogens is 354 g/mol. The molecule has 0 unspecified atom stereocenters. The molecule has 2 aromatic carbocycles. The number of ether oxygens (including phenoxy) is 1. The van der Waals surface area contributed by atoms with Crippen molar-refractivity contribution < 1.29 is 18.6 Å². The van der Waals surface area contributed by atoms with E-state index in [0.29, 0.717) is 27.1 Å².